The standard InChI is InChI=1S/C19H30N4O3/c1-13(24)20-12-14-11-18(2)16(7-5-6-9-19(18,3)26)23(14)17(25)15-8-10-22(4)21-15/h8,10,14,16,26H,5-7,9,11-12H2,1-4H3,(H,20,24)/t14-,16-,18-,19+/m1/s1. The van der Waals surface area contributed by atoms with Gasteiger partial charge in [0.15, 0.2) is 0 Å². The van der Waals surface area contributed by atoms with Crippen LogP contribution in [-0.2, 0) is 11.8 Å². The molecule has 0 bridgehead atoms. The van der Waals surface area contributed by atoms with Crippen molar-refractivity contribution in [2.24, 2.45) is 12.5 Å². The summed E-state index contributed by atoms with van der Waals surface area (Å²) in [6, 6.07) is 1.52. The third-order valence-corrected chi connectivity index (χ3v) is 6.50. The van der Waals surface area contributed by atoms with Gasteiger partial charge in [0, 0.05) is 38.2 Å². The average molecular weight is 362 g/mol. The topological polar surface area (TPSA) is 87.5 Å². The van der Waals surface area contributed by atoms with Crippen molar-refractivity contribution < 1.29 is 14.7 Å². The largest absolute Gasteiger partial charge is 0.390 e. The van der Waals surface area contributed by atoms with Crippen molar-refractivity contribution >= 4 is 11.8 Å². The first-order valence-corrected chi connectivity index (χ1v) is 9.45. The molecular formula is C19H30N4O3. The molecule has 7 heteroatoms. The summed E-state index contributed by atoms with van der Waals surface area (Å²) in [6.07, 6.45) is 5.97. The molecule has 0 unspecified atom stereocenters. The van der Waals surface area contributed by atoms with E-state index in [9.17, 15) is 14.7 Å². The van der Waals surface area contributed by atoms with Gasteiger partial charge in [-0.25, -0.2) is 0 Å². The molecule has 1 aliphatic heterocycles. The Bertz CT molecular complexity index is 699. The normalized spacial score (nSPS) is 34.3. The van der Waals surface area contributed by atoms with Crippen molar-refractivity contribution in [1.82, 2.24) is 20.0 Å². The van der Waals surface area contributed by atoms with Crippen LogP contribution in [0.4, 0.5) is 0 Å². The molecule has 0 radical (unpaired) electrons. The van der Waals surface area contributed by atoms with Gasteiger partial charge in [-0.3, -0.25) is 14.3 Å². The summed E-state index contributed by atoms with van der Waals surface area (Å²) in [5, 5.41) is 18.3. The highest BCUT2D eigenvalue weighted by Crippen LogP contribution is 2.53. The number of aryl methyl sites for hydroxylation is 1. The Hall–Kier alpha value is -1.89. The Labute approximate surface area is 154 Å². The summed E-state index contributed by atoms with van der Waals surface area (Å²) in [7, 11) is 1.79. The summed E-state index contributed by atoms with van der Waals surface area (Å²) in [5.74, 6) is -0.230. The monoisotopic (exact) mass is 362 g/mol. The second kappa shape index (κ2) is 6.68. The van der Waals surface area contributed by atoms with Gasteiger partial charge in [-0.05, 0) is 32.3 Å². The smallest absolute Gasteiger partial charge is 0.274 e. The van der Waals surface area contributed by atoms with Gasteiger partial charge in [0.1, 0.15) is 5.69 Å². The fourth-order valence-corrected chi connectivity index (χ4v) is 4.82. The number of hydrogen-bond donors (Lipinski definition) is 2. The van der Waals surface area contributed by atoms with Gasteiger partial charge in [0.25, 0.3) is 5.91 Å². The second-order valence-electron chi connectivity index (χ2n) is 8.34. The van der Waals surface area contributed by atoms with Crippen LogP contribution in [0.2, 0.25) is 0 Å². The number of carbonyl (C=O) groups excluding carboxylic acids is 2. The van der Waals surface area contributed by atoms with E-state index in [1.807, 2.05) is 11.8 Å². The highest BCUT2D eigenvalue weighted by atomic mass is 16.3. The van der Waals surface area contributed by atoms with Crippen molar-refractivity contribution in [2.75, 3.05) is 6.54 Å². The van der Waals surface area contributed by atoms with Crippen LogP contribution >= 0.6 is 0 Å². The molecule has 1 aromatic rings. The molecule has 0 spiro atoms. The van der Waals surface area contributed by atoms with Crippen molar-refractivity contribution in [1.29, 1.82) is 0 Å². The van der Waals surface area contributed by atoms with Crippen molar-refractivity contribution in [3.05, 3.63) is 18.0 Å². The molecule has 3 rings (SSSR count). The second-order valence-corrected chi connectivity index (χ2v) is 8.34. The summed E-state index contributed by atoms with van der Waals surface area (Å²) >= 11 is 0. The summed E-state index contributed by atoms with van der Waals surface area (Å²) in [6.45, 7) is 5.87. The van der Waals surface area contributed by atoms with Crippen LogP contribution < -0.4 is 5.32 Å². The Morgan fingerprint density at radius 1 is 1.38 bits per heavy atom. The number of aliphatic hydroxyl groups is 1. The van der Waals surface area contributed by atoms with Crippen LogP contribution in [0.25, 0.3) is 0 Å². The first-order valence-electron chi connectivity index (χ1n) is 9.45. The lowest BCUT2D eigenvalue weighted by atomic mass is 9.67. The Morgan fingerprint density at radius 3 is 2.73 bits per heavy atom. The van der Waals surface area contributed by atoms with Crippen LogP contribution in [-0.4, -0.2) is 55.8 Å². The van der Waals surface area contributed by atoms with Crippen LogP contribution in [0.1, 0.15) is 63.4 Å². The van der Waals surface area contributed by atoms with Crippen molar-refractivity contribution in [3.8, 4) is 0 Å². The number of hydrogen-bond acceptors (Lipinski definition) is 4. The van der Waals surface area contributed by atoms with E-state index in [0.717, 1.165) is 25.7 Å². The lowest BCUT2D eigenvalue weighted by molar-refractivity contribution is -0.119. The fourth-order valence-electron chi connectivity index (χ4n) is 4.82. The average Bonchev–Trinajstić information content (AvgIpc) is 3.08. The Balaban J connectivity index is 1.98. The van der Waals surface area contributed by atoms with Crippen LogP contribution in [0, 0.1) is 5.41 Å². The SMILES string of the molecule is CC(=O)NC[C@H]1C[C@]2(C)[C@@H](CCCC[C@]2(C)O)N1C(=O)c1ccn(C)n1. The number of carbonyl (C=O) groups is 2. The number of likely N-dealkylation sites (tertiary alicyclic amines) is 1. The predicted molar refractivity (Wildman–Crippen MR) is 97.5 cm³/mol. The number of nitrogens with one attached hydrogen (secondary N) is 1. The molecule has 144 valence electrons. The number of nitrogens with zero attached hydrogens (tertiary/aromatic N) is 3. The molecule has 1 aromatic heterocycles. The maximum atomic E-state index is 13.3. The quantitative estimate of drug-likeness (QED) is 0.852. The maximum Gasteiger partial charge on any atom is 0.274 e. The zero-order chi connectivity index (χ0) is 19.1. The molecule has 2 fully saturated rings. The molecule has 7 nitrogen and oxygen atoms in total. The minimum atomic E-state index is -0.845. The lowest BCUT2D eigenvalue weighted by Gasteiger charge is -2.43. The van der Waals surface area contributed by atoms with E-state index in [1.54, 1.807) is 24.0 Å². The molecule has 2 heterocycles. The zero-order valence-electron chi connectivity index (χ0n) is 16.2. The van der Waals surface area contributed by atoms with E-state index < -0.39 is 11.0 Å². The van der Waals surface area contributed by atoms with Gasteiger partial charge in [-0.1, -0.05) is 19.8 Å². The molecule has 26 heavy (non-hydrogen) atoms. The summed E-state index contributed by atoms with van der Waals surface area (Å²) in [4.78, 5) is 26.6. The summed E-state index contributed by atoms with van der Waals surface area (Å²) < 4.78 is 1.62. The third kappa shape index (κ3) is 3.13. The van der Waals surface area contributed by atoms with Crippen LogP contribution in [0.5, 0.6) is 0 Å². The lowest BCUT2D eigenvalue weighted by Crippen LogP contribution is -2.52. The van der Waals surface area contributed by atoms with Crippen LogP contribution in [0.15, 0.2) is 12.3 Å². The van der Waals surface area contributed by atoms with Gasteiger partial charge in [-0.15, -0.1) is 0 Å². The molecule has 1 saturated heterocycles. The molecular weight excluding hydrogens is 332 g/mol. The van der Waals surface area contributed by atoms with E-state index in [4.69, 9.17) is 0 Å². The minimum Gasteiger partial charge on any atom is -0.390 e. The van der Waals surface area contributed by atoms with Crippen molar-refractivity contribution in [3.63, 3.8) is 0 Å². The number of aromatic nitrogens is 2. The van der Waals surface area contributed by atoms with Crippen LogP contribution in [0.3, 0.4) is 0 Å². The molecule has 4 atom stereocenters. The van der Waals surface area contributed by atoms with Crippen molar-refractivity contribution in [2.45, 2.75) is 70.6 Å². The Morgan fingerprint density at radius 2 is 2.12 bits per heavy atom. The first kappa shape index (κ1) is 18.9. The third-order valence-electron chi connectivity index (χ3n) is 6.50. The van der Waals surface area contributed by atoms with Gasteiger partial charge in [-0.2, -0.15) is 5.10 Å². The zero-order valence-corrected chi connectivity index (χ0v) is 16.2. The summed E-state index contributed by atoms with van der Waals surface area (Å²) in [5.41, 5.74) is -0.841. The number of rotatable bonds is 3. The minimum absolute atomic E-state index is 0.0618. The van der Waals surface area contributed by atoms with E-state index >= 15 is 0 Å². The first-order chi connectivity index (χ1) is 12.2. The molecule has 0 aromatic carbocycles. The number of amides is 2. The van der Waals surface area contributed by atoms with E-state index in [1.165, 1.54) is 6.92 Å². The van der Waals surface area contributed by atoms with Gasteiger partial charge in [0.05, 0.1) is 11.6 Å². The highest BCUT2D eigenvalue weighted by molar-refractivity contribution is 5.93. The molecule has 1 aliphatic carbocycles. The predicted octanol–water partition coefficient (Wildman–Crippen LogP) is 1.47. The Kier molecular flexibility index (Phi) is 4.86. The van der Waals surface area contributed by atoms with Gasteiger partial charge < -0.3 is 15.3 Å². The van der Waals surface area contributed by atoms with Gasteiger partial charge in [0.2, 0.25) is 5.91 Å². The molecule has 2 amide bonds. The van der Waals surface area contributed by atoms with E-state index in [-0.39, 0.29) is 23.9 Å². The maximum absolute atomic E-state index is 13.3. The fraction of sp³-hybridized carbons (Fsp3) is 0.737. The molecule has 2 aliphatic rings. The van der Waals surface area contributed by atoms with Gasteiger partial charge >= 0.3 is 0 Å². The van der Waals surface area contributed by atoms with E-state index in [2.05, 4.69) is 17.3 Å². The van der Waals surface area contributed by atoms with E-state index in [0.29, 0.717) is 18.7 Å². The molecule has 1 saturated carbocycles. The molecule has 2 N–H and O–H groups in total. The highest BCUT2D eigenvalue weighted by Gasteiger charge is 2.59. The number of fused-ring (bicyclic) bond motifs is 1.